The number of rotatable bonds is 7. The van der Waals surface area contributed by atoms with Crippen LogP contribution < -0.4 is 0 Å². The molecule has 1 amide bonds. The third-order valence-electron chi connectivity index (χ3n) is 5.56. The molecule has 0 radical (unpaired) electrons. The van der Waals surface area contributed by atoms with Crippen LogP contribution in [0.3, 0.4) is 0 Å². The van der Waals surface area contributed by atoms with E-state index in [4.69, 9.17) is 21.1 Å². The van der Waals surface area contributed by atoms with Crippen molar-refractivity contribution in [3.05, 3.63) is 29.3 Å². The van der Waals surface area contributed by atoms with Gasteiger partial charge < -0.3 is 14.4 Å². The zero-order valence-corrected chi connectivity index (χ0v) is 20.0. The fourth-order valence-corrected chi connectivity index (χ4v) is 6.08. The van der Waals surface area contributed by atoms with Crippen molar-refractivity contribution in [3.8, 4) is 0 Å². The van der Waals surface area contributed by atoms with Gasteiger partial charge >= 0.3 is 0 Å². The summed E-state index contributed by atoms with van der Waals surface area (Å²) in [6.45, 7) is 9.21. The summed E-state index contributed by atoms with van der Waals surface area (Å²) in [6.07, 6.45) is -0.838. The molecule has 31 heavy (non-hydrogen) atoms. The third-order valence-corrected chi connectivity index (χ3v) is 7.92. The van der Waals surface area contributed by atoms with Gasteiger partial charge in [-0.2, -0.15) is 4.31 Å². The molecule has 2 heterocycles. The fraction of sp³-hybridized carbons (Fsp3) is 0.667. The molecular formula is C21H32ClN3O5S. The number of halogens is 1. The van der Waals surface area contributed by atoms with Crippen molar-refractivity contribution in [2.45, 2.75) is 24.8 Å². The Morgan fingerprint density at radius 2 is 1.87 bits per heavy atom. The summed E-state index contributed by atoms with van der Waals surface area (Å²) in [4.78, 5) is 17.1. The Bertz CT molecular complexity index is 874. The summed E-state index contributed by atoms with van der Waals surface area (Å²) in [5.74, 6) is -0.214. The zero-order chi connectivity index (χ0) is 22.6. The van der Waals surface area contributed by atoms with Gasteiger partial charge in [-0.15, -0.1) is 0 Å². The minimum absolute atomic E-state index is 0.0272. The molecule has 2 saturated heterocycles. The van der Waals surface area contributed by atoms with Crippen LogP contribution in [0.25, 0.3) is 0 Å². The van der Waals surface area contributed by atoms with Gasteiger partial charge in [0.1, 0.15) is 11.0 Å². The van der Waals surface area contributed by atoms with E-state index in [9.17, 15) is 13.2 Å². The number of morpholine rings is 2. The fourth-order valence-electron chi connectivity index (χ4n) is 4.17. The minimum atomic E-state index is -3.81. The molecule has 174 valence electrons. The summed E-state index contributed by atoms with van der Waals surface area (Å²) >= 11 is 6.11. The maximum absolute atomic E-state index is 13.1. The Labute approximate surface area is 190 Å². The van der Waals surface area contributed by atoms with E-state index in [0.717, 1.165) is 32.8 Å². The highest BCUT2D eigenvalue weighted by Gasteiger charge is 2.37. The first-order valence-corrected chi connectivity index (χ1v) is 12.3. The normalized spacial score (nSPS) is 21.7. The Balaban J connectivity index is 1.62. The number of ether oxygens (including phenoxy) is 2. The van der Waals surface area contributed by atoms with Gasteiger partial charge in [0.15, 0.2) is 0 Å². The average Bonchev–Trinajstić information content (AvgIpc) is 2.73. The predicted molar refractivity (Wildman–Crippen MR) is 119 cm³/mol. The smallest absolute Gasteiger partial charge is 0.252 e. The van der Waals surface area contributed by atoms with Gasteiger partial charge in [-0.3, -0.25) is 9.69 Å². The first-order chi connectivity index (χ1) is 14.6. The number of hydrogen-bond acceptors (Lipinski definition) is 6. The van der Waals surface area contributed by atoms with Gasteiger partial charge in [-0.25, -0.2) is 8.42 Å². The lowest BCUT2D eigenvalue weighted by atomic mass is 9.91. The quantitative estimate of drug-likeness (QED) is 0.597. The molecule has 0 spiro atoms. The maximum Gasteiger partial charge on any atom is 0.252 e. The number of likely N-dealkylation sites (N-methyl/N-ethyl adjacent to an activating group) is 1. The summed E-state index contributed by atoms with van der Waals surface area (Å²) in [5.41, 5.74) is -0.125. The van der Waals surface area contributed by atoms with Crippen LogP contribution in [0.1, 0.15) is 13.8 Å². The SMILES string of the molecule is CN(CC(C)(C)CN1CCOCC1)C(=O)[C@@H]1CN(S(=O)(=O)c2ccccc2Cl)CCO1. The van der Waals surface area contributed by atoms with Crippen LogP contribution in [0.2, 0.25) is 5.02 Å². The monoisotopic (exact) mass is 473 g/mol. The molecular weight excluding hydrogens is 442 g/mol. The summed E-state index contributed by atoms with van der Waals surface area (Å²) < 4.78 is 38.4. The predicted octanol–water partition coefficient (Wildman–Crippen LogP) is 1.55. The number of carbonyl (C=O) groups is 1. The lowest BCUT2D eigenvalue weighted by Gasteiger charge is -2.38. The molecule has 0 aliphatic carbocycles. The summed E-state index contributed by atoms with van der Waals surface area (Å²) in [5, 5.41) is 0.166. The van der Waals surface area contributed by atoms with Gasteiger partial charge in [0, 0.05) is 46.3 Å². The number of hydrogen-bond donors (Lipinski definition) is 0. The molecule has 8 nitrogen and oxygen atoms in total. The van der Waals surface area contributed by atoms with E-state index in [-0.39, 0.29) is 40.9 Å². The van der Waals surface area contributed by atoms with Crippen LogP contribution >= 0.6 is 11.6 Å². The number of sulfonamides is 1. The van der Waals surface area contributed by atoms with E-state index in [1.54, 1.807) is 30.1 Å². The van der Waals surface area contributed by atoms with Crippen LogP contribution in [-0.4, -0.2) is 101 Å². The summed E-state index contributed by atoms with van der Waals surface area (Å²) in [6, 6.07) is 6.33. The van der Waals surface area contributed by atoms with Gasteiger partial charge in [-0.1, -0.05) is 37.6 Å². The lowest BCUT2D eigenvalue weighted by Crippen LogP contribution is -2.53. The highest BCUT2D eigenvalue weighted by atomic mass is 35.5. The molecule has 1 aromatic carbocycles. The Hall–Kier alpha value is -1.23. The van der Waals surface area contributed by atoms with Gasteiger partial charge in [0.05, 0.1) is 24.8 Å². The first-order valence-electron chi connectivity index (χ1n) is 10.5. The molecule has 0 bridgehead atoms. The van der Waals surface area contributed by atoms with Gasteiger partial charge in [0.2, 0.25) is 10.0 Å². The van der Waals surface area contributed by atoms with Crippen molar-refractivity contribution in [2.75, 3.05) is 66.1 Å². The van der Waals surface area contributed by atoms with Crippen LogP contribution in [-0.2, 0) is 24.3 Å². The van der Waals surface area contributed by atoms with Crippen molar-refractivity contribution in [2.24, 2.45) is 5.41 Å². The zero-order valence-electron chi connectivity index (χ0n) is 18.4. The Morgan fingerprint density at radius 3 is 2.55 bits per heavy atom. The number of benzene rings is 1. The molecule has 0 N–H and O–H groups in total. The molecule has 2 aliphatic heterocycles. The minimum Gasteiger partial charge on any atom is -0.379 e. The van der Waals surface area contributed by atoms with Crippen LogP contribution in [0.15, 0.2) is 29.2 Å². The summed E-state index contributed by atoms with van der Waals surface area (Å²) in [7, 11) is -2.06. The highest BCUT2D eigenvalue weighted by molar-refractivity contribution is 7.89. The second-order valence-corrected chi connectivity index (χ2v) is 11.2. The second kappa shape index (κ2) is 10.1. The topological polar surface area (TPSA) is 79.4 Å². The van der Waals surface area contributed by atoms with Crippen LogP contribution in [0.5, 0.6) is 0 Å². The number of amides is 1. The van der Waals surface area contributed by atoms with Crippen molar-refractivity contribution in [1.29, 1.82) is 0 Å². The lowest BCUT2D eigenvalue weighted by molar-refractivity contribution is -0.147. The molecule has 3 rings (SSSR count). The Morgan fingerprint density at radius 1 is 1.19 bits per heavy atom. The molecule has 2 aliphatic rings. The highest BCUT2D eigenvalue weighted by Crippen LogP contribution is 2.26. The second-order valence-electron chi connectivity index (χ2n) is 8.90. The molecule has 2 fully saturated rings. The molecule has 10 heteroatoms. The van der Waals surface area contributed by atoms with E-state index >= 15 is 0 Å². The van der Waals surface area contributed by atoms with E-state index < -0.39 is 16.1 Å². The molecule has 0 unspecified atom stereocenters. The largest absolute Gasteiger partial charge is 0.379 e. The average molecular weight is 474 g/mol. The number of nitrogens with zero attached hydrogens (tertiary/aromatic N) is 3. The number of carbonyl (C=O) groups excluding carboxylic acids is 1. The Kier molecular flexibility index (Phi) is 7.99. The van der Waals surface area contributed by atoms with Gasteiger partial charge in [0.25, 0.3) is 5.91 Å². The standard InChI is InChI=1S/C21H32ClN3O5S/c1-21(2,16-24-8-11-29-12-9-24)15-23(3)20(26)18-14-25(10-13-30-18)31(27,28)19-7-5-4-6-17(19)22/h4-7,18H,8-16H2,1-3H3/t18-/m0/s1. The third kappa shape index (κ3) is 6.18. The van der Waals surface area contributed by atoms with Crippen molar-refractivity contribution in [1.82, 2.24) is 14.1 Å². The van der Waals surface area contributed by atoms with Crippen molar-refractivity contribution >= 4 is 27.5 Å². The molecule has 1 aromatic rings. The molecule has 0 saturated carbocycles. The molecule has 1 atom stereocenters. The maximum atomic E-state index is 13.1. The van der Waals surface area contributed by atoms with E-state index in [1.807, 2.05) is 0 Å². The van der Waals surface area contributed by atoms with Gasteiger partial charge in [-0.05, 0) is 17.5 Å². The van der Waals surface area contributed by atoms with Crippen molar-refractivity contribution in [3.63, 3.8) is 0 Å². The van der Waals surface area contributed by atoms with Crippen LogP contribution in [0, 0.1) is 5.41 Å². The van der Waals surface area contributed by atoms with E-state index in [0.29, 0.717) is 6.54 Å². The van der Waals surface area contributed by atoms with E-state index in [2.05, 4.69) is 18.7 Å². The van der Waals surface area contributed by atoms with Crippen molar-refractivity contribution < 1.29 is 22.7 Å². The first kappa shape index (κ1) is 24.4. The van der Waals surface area contributed by atoms with E-state index in [1.165, 1.54) is 10.4 Å². The van der Waals surface area contributed by atoms with Crippen LogP contribution in [0.4, 0.5) is 0 Å². The molecule has 0 aromatic heterocycles.